The first kappa shape index (κ1) is 6.02. The Labute approximate surface area is 40.6 Å². The monoisotopic (exact) mass is 84.1 g/mol. The van der Waals surface area contributed by atoms with E-state index in [-0.39, 0.29) is 5.54 Å². The van der Waals surface area contributed by atoms with Crippen LogP contribution in [0.4, 0.5) is 0 Å². The molecule has 2 heteroatoms. The van der Waals surface area contributed by atoms with Gasteiger partial charge in [-0.05, 0) is 20.8 Å². The van der Waals surface area contributed by atoms with Crippen LogP contribution in [-0.4, -0.2) is 13.5 Å². The van der Waals surface area contributed by atoms with E-state index in [1.54, 1.807) is 5.23 Å². The van der Waals surface area contributed by atoms with Crippen LogP contribution in [0.5, 0.6) is 0 Å². The van der Waals surface area contributed by atoms with Gasteiger partial charge in [-0.1, -0.05) is 0 Å². The highest BCUT2D eigenvalue weighted by molar-refractivity contribution is 5.94. The first-order valence-corrected chi connectivity index (χ1v) is 2.12. The summed E-state index contributed by atoms with van der Waals surface area (Å²) in [5, 5.41) is 1.69. The van der Waals surface area contributed by atoms with E-state index in [0.717, 1.165) is 0 Å². The molecule has 2 N–H and O–H groups in total. The zero-order valence-electron chi connectivity index (χ0n) is 4.65. The molecule has 0 amide bonds. The molecule has 0 aromatic heterocycles. The fourth-order valence-corrected chi connectivity index (χ4v) is 0. The van der Waals surface area contributed by atoms with Crippen molar-refractivity contribution in [3.63, 3.8) is 0 Å². The minimum Gasteiger partial charge on any atom is -0.604 e. The van der Waals surface area contributed by atoms with E-state index < -0.39 is 0 Å². The van der Waals surface area contributed by atoms with E-state index in [1.807, 2.05) is 0 Å². The van der Waals surface area contributed by atoms with Crippen molar-refractivity contribution in [3.05, 3.63) is 0 Å². The average Bonchev–Trinajstić information content (AvgIpc) is 1.35. The van der Waals surface area contributed by atoms with Gasteiger partial charge in [-0.3, -0.25) is 0 Å². The molecule has 0 aliphatic carbocycles. The molecule has 0 saturated carbocycles. The molecule has 0 aliphatic heterocycles. The van der Waals surface area contributed by atoms with E-state index in [4.69, 9.17) is 7.98 Å². The van der Waals surface area contributed by atoms with Crippen LogP contribution >= 0.6 is 0 Å². The zero-order valence-corrected chi connectivity index (χ0v) is 4.65. The van der Waals surface area contributed by atoms with E-state index in [1.165, 1.54) is 0 Å². The highest BCUT2D eigenvalue weighted by Crippen LogP contribution is 1.85. The second kappa shape index (κ2) is 1.65. The maximum Gasteiger partial charge on any atom is 0.0417 e. The van der Waals surface area contributed by atoms with E-state index in [2.05, 4.69) is 20.8 Å². The lowest BCUT2D eigenvalue weighted by Gasteiger charge is -2.22. The van der Waals surface area contributed by atoms with Gasteiger partial charge in [0, 0.05) is 5.54 Å². The predicted octanol–water partition coefficient (Wildman–Crippen LogP) is -0.568. The molecule has 3 radical (unpaired) electrons. The lowest BCUT2D eigenvalue weighted by Crippen LogP contribution is -2.92. The van der Waals surface area contributed by atoms with Crippen molar-refractivity contribution in [2.75, 3.05) is 0 Å². The van der Waals surface area contributed by atoms with E-state index >= 15 is 0 Å². The lowest BCUT2D eigenvalue weighted by atomic mass is 10.1. The fourth-order valence-electron chi connectivity index (χ4n) is 0. The number of quaternary nitrogens is 1. The molecule has 0 spiro atoms. The molecule has 0 aliphatic rings. The lowest BCUT2D eigenvalue weighted by molar-refractivity contribution is -0.584. The summed E-state index contributed by atoms with van der Waals surface area (Å²) in [7, 11) is 5.18. The van der Waals surface area contributed by atoms with Gasteiger partial charge in [-0.15, -0.1) is 0 Å². The highest BCUT2D eigenvalue weighted by atomic mass is 14.8. The van der Waals surface area contributed by atoms with Crippen molar-refractivity contribution in [1.82, 2.24) is 0 Å². The first-order chi connectivity index (χ1) is 2.56. The topological polar surface area (TPSA) is 16.6 Å². The summed E-state index contributed by atoms with van der Waals surface area (Å²) < 4.78 is 0. The molecule has 35 valence electrons. The zero-order chi connectivity index (χ0) is 5.21. The van der Waals surface area contributed by atoms with Gasteiger partial charge in [0.25, 0.3) is 0 Å². The Morgan fingerprint density at radius 1 is 1.33 bits per heavy atom. The third-order valence-electron chi connectivity index (χ3n) is 0.500. The van der Waals surface area contributed by atoms with Crippen LogP contribution in [0.2, 0.25) is 0 Å². The summed E-state index contributed by atoms with van der Waals surface area (Å²) in [6, 6.07) is 0. The van der Waals surface area contributed by atoms with Crippen molar-refractivity contribution in [1.29, 1.82) is 0 Å². The Bertz CT molecular complexity index is 37.3. The minimum absolute atomic E-state index is 0.194. The third-order valence-corrected chi connectivity index (χ3v) is 0.500. The molecule has 0 aromatic rings. The first-order valence-electron chi connectivity index (χ1n) is 2.12. The largest absolute Gasteiger partial charge is 0.604 e. The number of hydrogen-bond donors (Lipinski definition) is 1. The molecule has 0 unspecified atom stereocenters. The molecule has 0 atom stereocenters. The maximum absolute atomic E-state index is 5.18. The number of rotatable bonds is 0. The number of nitrogens with two attached hydrogens (primary N) is 1. The second-order valence-corrected chi connectivity index (χ2v) is 2.53. The van der Waals surface area contributed by atoms with Crippen LogP contribution in [0.25, 0.3) is 0 Å². The van der Waals surface area contributed by atoms with Crippen LogP contribution in [0.3, 0.4) is 0 Å². The fraction of sp³-hybridized carbons (Fsp3) is 1.00. The van der Waals surface area contributed by atoms with Gasteiger partial charge in [-0.2, -0.15) is 0 Å². The Hall–Kier alpha value is 0.0249. The van der Waals surface area contributed by atoms with Crippen molar-refractivity contribution >= 4 is 7.98 Å². The van der Waals surface area contributed by atoms with Gasteiger partial charge in [0.1, 0.15) is 0 Å². The van der Waals surface area contributed by atoms with Gasteiger partial charge < -0.3 is 5.23 Å². The SMILES string of the molecule is [B-][NH2+]C(C)(C)C. The second-order valence-electron chi connectivity index (χ2n) is 2.53. The molecule has 0 aromatic carbocycles. The Morgan fingerprint density at radius 3 is 1.50 bits per heavy atom. The quantitative estimate of drug-likeness (QED) is 0.378. The third kappa shape index (κ3) is 4.02. The summed E-state index contributed by atoms with van der Waals surface area (Å²) in [5.41, 5.74) is 0.194. The maximum atomic E-state index is 5.18. The van der Waals surface area contributed by atoms with Crippen molar-refractivity contribution in [3.8, 4) is 0 Å². The van der Waals surface area contributed by atoms with Crippen LogP contribution in [0.1, 0.15) is 20.8 Å². The Kier molecular flexibility index (Phi) is 1.66. The smallest absolute Gasteiger partial charge is 0.0417 e. The average molecular weight is 84.0 g/mol. The summed E-state index contributed by atoms with van der Waals surface area (Å²) in [6.07, 6.45) is 0. The van der Waals surface area contributed by atoms with Gasteiger partial charge in [0.15, 0.2) is 0 Å². The van der Waals surface area contributed by atoms with E-state index in [0.29, 0.717) is 0 Å². The normalized spacial score (nSPS) is 12.0. The van der Waals surface area contributed by atoms with Crippen LogP contribution in [-0.2, 0) is 0 Å². The van der Waals surface area contributed by atoms with Crippen LogP contribution in [0, 0.1) is 0 Å². The Morgan fingerprint density at radius 2 is 1.50 bits per heavy atom. The molecular weight excluding hydrogens is 72.9 g/mol. The standard InChI is InChI=1S/C4H11BN/c1-4(2,3)6-5/h6H2,1-3H3. The molecular formula is C4H11BN. The molecule has 0 fully saturated rings. The van der Waals surface area contributed by atoms with Gasteiger partial charge >= 0.3 is 0 Å². The van der Waals surface area contributed by atoms with Gasteiger partial charge in [-0.25, -0.2) is 7.98 Å². The van der Waals surface area contributed by atoms with Crippen molar-refractivity contribution < 1.29 is 5.23 Å². The Balaban J connectivity index is 3.17. The number of hydrogen-bond acceptors (Lipinski definition) is 0. The summed E-state index contributed by atoms with van der Waals surface area (Å²) in [6.45, 7) is 6.19. The predicted molar refractivity (Wildman–Crippen MR) is 27.4 cm³/mol. The molecule has 0 bridgehead atoms. The molecule has 1 nitrogen and oxygen atoms in total. The highest BCUT2D eigenvalue weighted by Gasteiger charge is 2.00. The molecule has 0 saturated heterocycles. The van der Waals surface area contributed by atoms with Gasteiger partial charge in [0.2, 0.25) is 0 Å². The summed E-state index contributed by atoms with van der Waals surface area (Å²) in [5.74, 6) is 0. The van der Waals surface area contributed by atoms with Gasteiger partial charge in [0.05, 0.1) is 0 Å². The summed E-state index contributed by atoms with van der Waals surface area (Å²) in [4.78, 5) is 0. The molecule has 6 heavy (non-hydrogen) atoms. The van der Waals surface area contributed by atoms with Crippen LogP contribution in [0.15, 0.2) is 0 Å². The van der Waals surface area contributed by atoms with Crippen molar-refractivity contribution in [2.45, 2.75) is 26.3 Å². The molecule has 0 heterocycles. The van der Waals surface area contributed by atoms with Crippen molar-refractivity contribution in [2.24, 2.45) is 0 Å². The minimum atomic E-state index is 0.194. The van der Waals surface area contributed by atoms with E-state index in [9.17, 15) is 0 Å². The van der Waals surface area contributed by atoms with Crippen LogP contribution < -0.4 is 5.23 Å². The molecule has 0 rings (SSSR count). The summed E-state index contributed by atoms with van der Waals surface area (Å²) >= 11 is 0.